The number of nitrogens with zero attached hydrogens (tertiary/aromatic N) is 4. The zero-order chi connectivity index (χ0) is 14.4. The van der Waals surface area contributed by atoms with E-state index in [0.717, 1.165) is 43.3 Å². The average Bonchev–Trinajstić information content (AvgIpc) is 2.97. The normalized spacial score (nSPS) is 10.6. The third-order valence-corrected chi connectivity index (χ3v) is 3.70. The van der Waals surface area contributed by atoms with Gasteiger partial charge in [0.2, 0.25) is 0 Å². The summed E-state index contributed by atoms with van der Waals surface area (Å²) in [5, 5.41) is 5.45. The Kier molecular flexibility index (Phi) is 5.29. The highest BCUT2D eigenvalue weighted by Gasteiger charge is 2.14. The molecule has 0 radical (unpaired) electrons. The first-order valence-corrected chi connectivity index (χ1v) is 7.86. The van der Waals surface area contributed by atoms with E-state index >= 15 is 0 Å². The van der Waals surface area contributed by atoms with Crippen molar-refractivity contribution >= 4 is 23.0 Å². The first-order valence-electron chi connectivity index (χ1n) is 6.92. The standard InChI is InChI=1S/C14H21N5S/c1-4-6-15-13-12(5-2)14(17-9-16-13)19(3)7-11-8-20-10-18-11/h8-10H,4-7H2,1-3H3,(H,15,16,17). The van der Waals surface area contributed by atoms with Crippen LogP contribution in [-0.2, 0) is 13.0 Å². The van der Waals surface area contributed by atoms with Gasteiger partial charge in [-0.05, 0) is 12.8 Å². The Morgan fingerprint density at radius 2 is 2.10 bits per heavy atom. The van der Waals surface area contributed by atoms with Gasteiger partial charge in [0.15, 0.2) is 0 Å². The van der Waals surface area contributed by atoms with Crippen molar-refractivity contribution in [3.8, 4) is 0 Å². The van der Waals surface area contributed by atoms with E-state index in [4.69, 9.17) is 0 Å². The largest absolute Gasteiger partial charge is 0.370 e. The van der Waals surface area contributed by atoms with Crippen molar-refractivity contribution in [3.05, 3.63) is 28.5 Å². The van der Waals surface area contributed by atoms with Crippen molar-refractivity contribution in [3.63, 3.8) is 0 Å². The molecule has 1 N–H and O–H groups in total. The van der Waals surface area contributed by atoms with Crippen LogP contribution in [0.3, 0.4) is 0 Å². The first-order chi connectivity index (χ1) is 9.76. The Morgan fingerprint density at radius 3 is 2.75 bits per heavy atom. The van der Waals surface area contributed by atoms with E-state index in [9.17, 15) is 0 Å². The highest BCUT2D eigenvalue weighted by Crippen LogP contribution is 2.24. The van der Waals surface area contributed by atoms with Gasteiger partial charge in [0.25, 0.3) is 0 Å². The molecule has 0 saturated heterocycles. The number of thiazole rings is 1. The lowest BCUT2D eigenvalue weighted by molar-refractivity contribution is 0.849. The monoisotopic (exact) mass is 291 g/mol. The summed E-state index contributed by atoms with van der Waals surface area (Å²) >= 11 is 1.62. The summed E-state index contributed by atoms with van der Waals surface area (Å²) in [6, 6.07) is 0. The molecule has 0 bridgehead atoms. The summed E-state index contributed by atoms with van der Waals surface area (Å²) in [6.07, 6.45) is 3.62. The van der Waals surface area contributed by atoms with Crippen LogP contribution in [-0.4, -0.2) is 28.5 Å². The molecule has 6 heteroatoms. The zero-order valence-corrected chi connectivity index (χ0v) is 13.1. The van der Waals surface area contributed by atoms with Crippen LogP contribution in [0.4, 0.5) is 11.6 Å². The maximum Gasteiger partial charge on any atom is 0.137 e. The predicted molar refractivity (Wildman–Crippen MR) is 84.4 cm³/mol. The summed E-state index contributed by atoms with van der Waals surface area (Å²) in [4.78, 5) is 15.3. The smallest absolute Gasteiger partial charge is 0.137 e. The number of anilines is 2. The van der Waals surface area contributed by atoms with Crippen molar-refractivity contribution in [2.45, 2.75) is 33.2 Å². The van der Waals surface area contributed by atoms with Crippen LogP contribution in [0, 0.1) is 0 Å². The maximum absolute atomic E-state index is 4.45. The number of rotatable bonds is 7. The molecule has 0 spiro atoms. The molecule has 0 fully saturated rings. The van der Waals surface area contributed by atoms with Crippen LogP contribution in [0.1, 0.15) is 31.5 Å². The summed E-state index contributed by atoms with van der Waals surface area (Å²) in [5.41, 5.74) is 4.10. The molecule has 0 aromatic carbocycles. The van der Waals surface area contributed by atoms with Crippen molar-refractivity contribution in [2.24, 2.45) is 0 Å². The van der Waals surface area contributed by atoms with E-state index in [1.807, 2.05) is 12.6 Å². The maximum atomic E-state index is 4.45. The van der Waals surface area contributed by atoms with Crippen molar-refractivity contribution in [2.75, 3.05) is 23.8 Å². The van der Waals surface area contributed by atoms with E-state index in [1.54, 1.807) is 17.7 Å². The predicted octanol–water partition coefficient (Wildman–Crippen LogP) is 2.95. The van der Waals surface area contributed by atoms with Gasteiger partial charge in [-0.3, -0.25) is 0 Å². The highest BCUT2D eigenvalue weighted by molar-refractivity contribution is 7.07. The first kappa shape index (κ1) is 14.7. The molecule has 2 heterocycles. The lowest BCUT2D eigenvalue weighted by Crippen LogP contribution is -2.21. The van der Waals surface area contributed by atoms with Crippen LogP contribution in [0.2, 0.25) is 0 Å². The lowest BCUT2D eigenvalue weighted by atomic mass is 10.2. The molecule has 108 valence electrons. The van der Waals surface area contributed by atoms with Crippen LogP contribution in [0.5, 0.6) is 0 Å². The van der Waals surface area contributed by atoms with Crippen LogP contribution in [0.15, 0.2) is 17.2 Å². The van der Waals surface area contributed by atoms with Crippen molar-refractivity contribution < 1.29 is 0 Å². The third-order valence-electron chi connectivity index (χ3n) is 3.06. The second-order valence-corrected chi connectivity index (χ2v) is 5.36. The number of hydrogen-bond donors (Lipinski definition) is 1. The molecule has 0 aliphatic rings. The molecule has 0 unspecified atom stereocenters. The highest BCUT2D eigenvalue weighted by atomic mass is 32.1. The summed E-state index contributed by atoms with van der Waals surface area (Å²) in [6.45, 7) is 5.98. The van der Waals surface area contributed by atoms with Gasteiger partial charge < -0.3 is 10.2 Å². The van der Waals surface area contributed by atoms with E-state index < -0.39 is 0 Å². The quantitative estimate of drug-likeness (QED) is 0.850. The Balaban J connectivity index is 2.21. The van der Waals surface area contributed by atoms with E-state index in [1.165, 1.54) is 5.56 Å². The van der Waals surface area contributed by atoms with Gasteiger partial charge in [0.05, 0.1) is 17.7 Å². The van der Waals surface area contributed by atoms with Gasteiger partial charge >= 0.3 is 0 Å². The van der Waals surface area contributed by atoms with Crippen molar-refractivity contribution in [1.82, 2.24) is 15.0 Å². The molecule has 5 nitrogen and oxygen atoms in total. The topological polar surface area (TPSA) is 53.9 Å². The molecule has 0 aliphatic carbocycles. The molecule has 0 saturated carbocycles. The van der Waals surface area contributed by atoms with Gasteiger partial charge in [0, 0.05) is 24.5 Å². The number of aromatic nitrogens is 3. The molecule has 2 aromatic rings. The minimum absolute atomic E-state index is 0.765. The minimum atomic E-state index is 0.765. The lowest BCUT2D eigenvalue weighted by Gasteiger charge is -2.21. The SMILES string of the molecule is CCCNc1ncnc(N(C)Cc2cscn2)c1CC. The summed E-state index contributed by atoms with van der Waals surface area (Å²) in [7, 11) is 2.05. The Labute approximate surface area is 124 Å². The molecule has 2 rings (SSSR count). The fraction of sp³-hybridized carbons (Fsp3) is 0.500. The fourth-order valence-electron chi connectivity index (χ4n) is 2.09. The Hall–Kier alpha value is -1.69. The molecular formula is C14H21N5S. The molecule has 0 aliphatic heterocycles. The molecular weight excluding hydrogens is 270 g/mol. The molecule has 0 atom stereocenters. The van der Waals surface area contributed by atoms with Crippen LogP contribution >= 0.6 is 11.3 Å². The summed E-state index contributed by atoms with van der Waals surface area (Å²) in [5.74, 6) is 1.93. The molecule has 20 heavy (non-hydrogen) atoms. The Morgan fingerprint density at radius 1 is 1.25 bits per heavy atom. The minimum Gasteiger partial charge on any atom is -0.370 e. The van der Waals surface area contributed by atoms with E-state index in [-0.39, 0.29) is 0 Å². The van der Waals surface area contributed by atoms with Gasteiger partial charge in [-0.1, -0.05) is 13.8 Å². The summed E-state index contributed by atoms with van der Waals surface area (Å²) < 4.78 is 0. The Bertz CT molecular complexity index is 526. The fourth-order valence-corrected chi connectivity index (χ4v) is 2.64. The van der Waals surface area contributed by atoms with Crippen molar-refractivity contribution in [1.29, 1.82) is 0 Å². The number of hydrogen-bond acceptors (Lipinski definition) is 6. The zero-order valence-electron chi connectivity index (χ0n) is 12.3. The van der Waals surface area contributed by atoms with Gasteiger partial charge in [-0.2, -0.15) is 0 Å². The van der Waals surface area contributed by atoms with E-state index in [0.29, 0.717) is 0 Å². The molecule has 0 amide bonds. The van der Waals surface area contributed by atoms with Gasteiger partial charge in [-0.25, -0.2) is 15.0 Å². The second kappa shape index (κ2) is 7.19. The van der Waals surface area contributed by atoms with E-state index in [2.05, 4.69) is 44.4 Å². The van der Waals surface area contributed by atoms with Crippen LogP contribution in [0.25, 0.3) is 0 Å². The van der Waals surface area contributed by atoms with Crippen LogP contribution < -0.4 is 10.2 Å². The average molecular weight is 291 g/mol. The molecule has 2 aromatic heterocycles. The number of nitrogens with one attached hydrogen (secondary N) is 1. The van der Waals surface area contributed by atoms with Gasteiger partial charge in [-0.15, -0.1) is 11.3 Å². The third kappa shape index (κ3) is 3.45. The second-order valence-electron chi connectivity index (χ2n) is 4.64. The van der Waals surface area contributed by atoms with Gasteiger partial charge in [0.1, 0.15) is 18.0 Å².